The lowest BCUT2D eigenvalue weighted by atomic mass is 9.73. The maximum Gasteiger partial charge on any atom is 0.255 e. The molecule has 3 heterocycles. The molecule has 0 fully saturated rings. The van der Waals surface area contributed by atoms with Crippen molar-refractivity contribution in [3.05, 3.63) is 46.5 Å². The number of dihydropyridines is 1. The van der Waals surface area contributed by atoms with E-state index in [2.05, 4.69) is 27.4 Å². The average molecular weight is 317 g/mol. The SMILES string of the molecule is O=CC1=Cc2cc3c(cc2NC1)C[C@]1(C3)C(=O)N=C2N=CC=CC21. The first-order chi connectivity index (χ1) is 11.7. The van der Waals surface area contributed by atoms with Crippen molar-refractivity contribution in [2.75, 3.05) is 11.9 Å². The number of hydrogen-bond donors (Lipinski definition) is 1. The van der Waals surface area contributed by atoms with Crippen molar-refractivity contribution in [2.45, 2.75) is 12.8 Å². The number of carbonyl (C=O) groups excluding carboxylic acids is 2. The number of amides is 1. The molecule has 0 saturated carbocycles. The molecule has 1 amide bonds. The zero-order valence-electron chi connectivity index (χ0n) is 13.0. The Morgan fingerprint density at radius 3 is 2.92 bits per heavy atom. The van der Waals surface area contributed by atoms with Gasteiger partial charge in [-0.3, -0.25) is 9.59 Å². The number of fused-ring (bicyclic) bond motifs is 4. The van der Waals surface area contributed by atoms with Crippen LogP contribution in [-0.4, -0.2) is 30.8 Å². The lowest BCUT2D eigenvalue weighted by molar-refractivity contribution is -0.126. The van der Waals surface area contributed by atoms with Crippen LogP contribution in [0.15, 0.2) is 39.8 Å². The predicted octanol–water partition coefficient (Wildman–Crippen LogP) is 1.97. The molecule has 2 atom stereocenters. The van der Waals surface area contributed by atoms with E-state index in [1.807, 2.05) is 18.2 Å². The van der Waals surface area contributed by atoms with Gasteiger partial charge in [0.1, 0.15) is 12.1 Å². The molecule has 5 nitrogen and oxygen atoms in total. The monoisotopic (exact) mass is 317 g/mol. The van der Waals surface area contributed by atoms with Crippen LogP contribution in [0, 0.1) is 11.3 Å². The zero-order valence-corrected chi connectivity index (χ0v) is 13.0. The second-order valence-corrected chi connectivity index (χ2v) is 6.82. The van der Waals surface area contributed by atoms with E-state index in [-0.39, 0.29) is 11.8 Å². The van der Waals surface area contributed by atoms with Crippen molar-refractivity contribution in [1.29, 1.82) is 0 Å². The quantitative estimate of drug-likeness (QED) is 0.805. The number of rotatable bonds is 1. The molecular weight excluding hydrogens is 302 g/mol. The van der Waals surface area contributed by atoms with Crippen LogP contribution in [0.5, 0.6) is 0 Å². The predicted molar refractivity (Wildman–Crippen MR) is 92.4 cm³/mol. The highest BCUT2D eigenvalue weighted by molar-refractivity contribution is 6.12. The summed E-state index contributed by atoms with van der Waals surface area (Å²) in [6.45, 7) is 0.548. The molecule has 1 unspecified atom stereocenters. The number of amidine groups is 1. The van der Waals surface area contributed by atoms with E-state index in [4.69, 9.17) is 0 Å². The first-order valence-corrected chi connectivity index (χ1v) is 8.09. The number of aldehydes is 1. The summed E-state index contributed by atoms with van der Waals surface area (Å²) < 4.78 is 0. The normalized spacial score (nSPS) is 28.8. The minimum absolute atomic E-state index is 0.0338. The van der Waals surface area contributed by atoms with Crippen molar-refractivity contribution in [3.63, 3.8) is 0 Å². The molecule has 0 radical (unpaired) electrons. The number of aliphatic imine (C=N–C) groups is 2. The summed E-state index contributed by atoms with van der Waals surface area (Å²) in [5.41, 5.74) is 4.63. The molecule has 1 aliphatic carbocycles. The van der Waals surface area contributed by atoms with E-state index >= 15 is 0 Å². The van der Waals surface area contributed by atoms with Gasteiger partial charge in [-0.15, -0.1) is 0 Å². The molecule has 1 aromatic rings. The van der Waals surface area contributed by atoms with Gasteiger partial charge in [-0.05, 0) is 53.8 Å². The van der Waals surface area contributed by atoms with E-state index in [1.165, 1.54) is 11.1 Å². The van der Waals surface area contributed by atoms with E-state index in [9.17, 15) is 9.59 Å². The van der Waals surface area contributed by atoms with E-state index in [0.717, 1.165) is 23.1 Å². The summed E-state index contributed by atoms with van der Waals surface area (Å²) in [5, 5.41) is 3.29. The van der Waals surface area contributed by atoms with Crippen LogP contribution in [0.2, 0.25) is 0 Å². The van der Waals surface area contributed by atoms with E-state index in [0.29, 0.717) is 25.2 Å². The highest BCUT2D eigenvalue weighted by Crippen LogP contribution is 2.50. The standard InChI is InChI=1S/C19H15N3O2/c23-10-11-4-12-5-13-7-19(8-14(13)6-16(12)21-9-11)15-2-1-3-20-17(15)22-18(19)24/h1-6,10,15,21H,7-9H2/t15?,19-/m0/s1. The van der Waals surface area contributed by atoms with Gasteiger partial charge in [0.25, 0.3) is 5.91 Å². The third-order valence-corrected chi connectivity index (χ3v) is 5.47. The number of nitrogens with one attached hydrogen (secondary N) is 1. The molecule has 3 aliphatic heterocycles. The minimum atomic E-state index is -0.521. The molecule has 0 aromatic heterocycles. The largest absolute Gasteiger partial charge is 0.380 e. The molecule has 5 rings (SSSR count). The molecule has 1 N–H and O–H groups in total. The topological polar surface area (TPSA) is 70.9 Å². The van der Waals surface area contributed by atoms with Crippen molar-refractivity contribution in [3.8, 4) is 0 Å². The van der Waals surface area contributed by atoms with Gasteiger partial charge in [-0.1, -0.05) is 6.08 Å². The Labute approximate surface area is 138 Å². The summed E-state index contributed by atoms with van der Waals surface area (Å²) in [6.07, 6.45) is 9.82. The Bertz CT molecular complexity index is 923. The van der Waals surface area contributed by atoms with E-state index in [1.54, 1.807) is 6.21 Å². The summed E-state index contributed by atoms with van der Waals surface area (Å²) in [5.74, 6) is 0.548. The van der Waals surface area contributed by atoms with Gasteiger partial charge in [0.15, 0.2) is 0 Å². The molecule has 1 aromatic carbocycles. The van der Waals surface area contributed by atoms with Crippen molar-refractivity contribution >= 4 is 36.0 Å². The van der Waals surface area contributed by atoms with Gasteiger partial charge in [-0.25, -0.2) is 4.99 Å². The van der Waals surface area contributed by atoms with Gasteiger partial charge in [0, 0.05) is 24.0 Å². The minimum Gasteiger partial charge on any atom is -0.380 e. The van der Waals surface area contributed by atoms with Gasteiger partial charge in [-0.2, -0.15) is 4.99 Å². The number of benzene rings is 1. The fraction of sp³-hybridized carbons (Fsp3) is 0.263. The van der Waals surface area contributed by atoms with Crippen LogP contribution >= 0.6 is 0 Å². The molecular formula is C19H15N3O2. The molecule has 0 bridgehead atoms. The van der Waals surface area contributed by atoms with Crippen LogP contribution < -0.4 is 5.32 Å². The van der Waals surface area contributed by atoms with Gasteiger partial charge >= 0.3 is 0 Å². The number of carbonyl (C=O) groups is 2. The number of nitrogens with zero attached hydrogens (tertiary/aromatic N) is 2. The summed E-state index contributed by atoms with van der Waals surface area (Å²) in [4.78, 5) is 32.2. The summed E-state index contributed by atoms with van der Waals surface area (Å²) >= 11 is 0. The van der Waals surface area contributed by atoms with Crippen molar-refractivity contribution in [2.24, 2.45) is 21.3 Å². The summed E-state index contributed by atoms with van der Waals surface area (Å²) in [6, 6.07) is 4.23. The van der Waals surface area contributed by atoms with Gasteiger partial charge in [0.2, 0.25) is 0 Å². The number of allylic oxidation sites excluding steroid dienone is 1. The van der Waals surface area contributed by atoms with E-state index < -0.39 is 5.41 Å². The second kappa shape index (κ2) is 4.60. The van der Waals surface area contributed by atoms with Crippen LogP contribution in [0.25, 0.3) is 6.08 Å². The Hall–Kier alpha value is -2.82. The first-order valence-electron chi connectivity index (χ1n) is 8.09. The molecule has 24 heavy (non-hydrogen) atoms. The highest BCUT2D eigenvalue weighted by Gasteiger charge is 2.55. The van der Waals surface area contributed by atoms with Gasteiger partial charge < -0.3 is 5.32 Å². The average Bonchev–Trinajstić information content (AvgIpc) is 3.10. The van der Waals surface area contributed by atoms with Crippen LogP contribution in [0.1, 0.15) is 16.7 Å². The fourth-order valence-corrected chi connectivity index (χ4v) is 4.27. The van der Waals surface area contributed by atoms with Crippen LogP contribution in [0.3, 0.4) is 0 Å². The highest BCUT2D eigenvalue weighted by atomic mass is 16.2. The first kappa shape index (κ1) is 13.6. The molecule has 4 aliphatic rings. The third kappa shape index (κ3) is 1.69. The molecule has 5 heteroatoms. The number of anilines is 1. The Kier molecular flexibility index (Phi) is 2.61. The zero-order chi connectivity index (χ0) is 16.3. The lowest BCUT2D eigenvalue weighted by Gasteiger charge is -2.26. The van der Waals surface area contributed by atoms with Crippen LogP contribution in [0.4, 0.5) is 5.69 Å². The molecule has 0 saturated heterocycles. The molecule has 1 spiro atoms. The van der Waals surface area contributed by atoms with Crippen LogP contribution in [-0.2, 0) is 22.4 Å². The third-order valence-electron chi connectivity index (χ3n) is 5.47. The summed E-state index contributed by atoms with van der Waals surface area (Å²) in [7, 11) is 0. The molecule has 118 valence electrons. The number of hydrogen-bond acceptors (Lipinski definition) is 4. The maximum absolute atomic E-state index is 12.7. The van der Waals surface area contributed by atoms with Crippen molar-refractivity contribution < 1.29 is 9.59 Å². The smallest absolute Gasteiger partial charge is 0.255 e. The van der Waals surface area contributed by atoms with Crippen molar-refractivity contribution in [1.82, 2.24) is 0 Å². The van der Waals surface area contributed by atoms with Gasteiger partial charge in [0.05, 0.1) is 11.3 Å². The lowest BCUT2D eigenvalue weighted by Crippen LogP contribution is -2.36. The fourth-order valence-electron chi connectivity index (χ4n) is 4.27. The second-order valence-electron chi connectivity index (χ2n) is 6.82. The Morgan fingerprint density at radius 2 is 2.08 bits per heavy atom. The maximum atomic E-state index is 12.7. The Morgan fingerprint density at radius 1 is 1.25 bits per heavy atom. The Balaban J connectivity index is 1.57.